The van der Waals surface area contributed by atoms with Crippen LogP contribution in [0.15, 0.2) is 0 Å². The Balaban J connectivity index is 2.78. The zero-order valence-corrected chi connectivity index (χ0v) is 11.1. The van der Waals surface area contributed by atoms with E-state index in [9.17, 15) is 4.79 Å². The van der Waals surface area contributed by atoms with Gasteiger partial charge in [0.2, 0.25) is 5.91 Å². The molecule has 3 heteroatoms. The number of carbonyl (C=O) groups is 1. The average molecular weight is 226 g/mol. The highest BCUT2D eigenvalue weighted by atomic mass is 16.2. The molecule has 0 spiro atoms. The third kappa shape index (κ3) is 2.97. The summed E-state index contributed by atoms with van der Waals surface area (Å²) < 4.78 is 0. The highest BCUT2D eigenvalue weighted by Crippen LogP contribution is 2.26. The van der Waals surface area contributed by atoms with Crippen molar-refractivity contribution in [2.24, 2.45) is 5.92 Å². The number of piperidine rings is 1. The maximum absolute atomic E-state index is 12.3. The van der Waals surface area contributed by atoms with Crippen molar-refractivity contribution >= 4 is 5.91 Å². The van der Waals surface area contributed by atoms with Crippen LogP contribution in [0.2, 0.25) is 0 Å². The summed E-state index contributed by atoms with van der Waals surface area (Å²) in [6.45, 7) is 7.11. The second-order valence-electron chi connectivity index (χ2n) is 5.10. The van der Waals surface area contributed by atoms with Crippen LogP contribution in [-0.4, -0.2) is 36.5 Å². The Labute approximate surface area is 99.6 Å². The number of likely N-dealkylation sites (N-methyl/N-ethyl adjacent to an activating group) is 1. The van der Waals surface area contributed by atoms with Crippen LogP contribution >= 0.6 is 0 Å². The van der Waals surface area contributed by atoms with Gasteiger partial charge in [0.25, 0.3) is 0 Å². The Hall–Kier alpha value is -0.570. The molecule has 1 N–H and O–H groups in total. The molecule has 94 valence electrons. The molecular formula is C13H26N2O. The standard InChI is InChI=1S/C13H26N2O/c1-5-11-7-6-8-12(9-14-4)15(11)13(16)10(2)3/h10-12,14H,5-9H2,1-4H3. The fourth-order valence-electron chi connectivity index (χ4n) is 2.66. The van der Waals surface area contributed by atoms with Crippen molar-refractivity contribution < 1.29 is 4.79 Å². The van der Waals surface area contributed by atoms with Crippen LogP contribution in [0.3, 0.4) is 0 Å². The molecule has 1 rings (SSSR count). The zero-order chi connectivity index (χ0) is 12.1. The molecule has 1 aliphatic heterocycles. The molecule has 1 heterocycles. The molecule has 1 fully saturated rings. The highest BCUT2D eigenvalue weighted by molar-refractivity contribution is 5.79. The van der Waals surface area contributed by atoms with Gasteiger partial charge in [-0.25, -0.2) is 0 Å². The van der Waals surface area contributed by atoms with Gasteiger partial charge in [-0.2, -0.15) is 0 Å². The van der Waals surface area contributed by atoms with Gasteiger partial charge in [0.15, 0.2) is 0 Å². The van der Waals surface area contributed by atoms with E-state index in [1.807, 2.05) is 20.9 Å². The largest absolute Gasteiger partial charge is 0.335 e. The van der Waals surface area contributed by atoms with Gasteiger partial charge >= 0.3 is 0 Å². The molecule has 1 aliphatic rings. The molecule has 0 aromatic heterocycles. The number of hydrogen-bond donors (Lipinski definition) is 1. The minimum Gasteiger partial charge on any atom is -0.335 e. The third-order valence-electron chi connectivity index (χ3n) is 3.52. The Bertz CT molecular complexity index is 226. The molecule has 2 unspecified atom stereocenters. The molecule has 1 saturated heterocycles. The normalized spacial score (nSPS) is 26.2. The Morgan fingerprint density at radius 3 is 2.50 bits per heavy atom. The van der Waals surface area contributed by atoms with Gasteiger partial charge in [-0.05, 0) is 32.7 Å². The van der Waals surface area contributed by atoms with Crippen molar-refractivity contribution in [3.63, 3.8) is 0 Å². The van der Waals surface area contributed by atoms with Gasteiger partial charge in [0.05, 0.1) is 0 Å². The first-order valence-electron chi connectivity index (χ1n) is 6.58. The Morgan fingerprint density at radius 1 is 1.38 bits per heavy atom. The highest BCUT2D eigenvalue weighted by Gasteiger charge is 2.33. The van der Waals surface area contributed by atoms with Crippen molar-refractivity contribution in [3.8, 4) is 0 Å². The fourth-order valence-corrected chi connectivity index (χ4v) is 2.66. The first-order valence-corrected chi connectivity index (χ1v) is 6.58. The molecule has 0 radical (unpaired) electrons. The maximum atomic E-state index is 12.3. The average Bonchev–Trinajstić information content (AvgIpc) is 2.28. The second-order valence-corrected chi connectivity index (χ2v) is 5.10. The van der Waals surface area contributed by atoms with Gasteiger partial charge in [-0.3, -0.25) is 4.79 Å². The first-order chi connectivity index (χ1) is 7.61. The molecule has 0 bridgehead atoms. The van der Waals surface area contributed by atoms with Crippen LogP contribution in [-0.2, 0) is 4.79 Å². The lowest BCUT2D eigenvalue weighted by atomic mass is 9.92. The number of amides is 1. The van der Waals surface area contributed by atoms with Crippen molar-refractivity contribution in [2.75, 3.05) is 13.6 Å². The van der Waals surface area contributed by atoms with Gasteiger partial charge in [-0.1, -0.05) is 20.8 Å². The lowest BCUT2D eigenvalue weighted by Crippen LogP contribution is -2.54. The van der Waals surface area contributed by atoms with Gasteiger partial charge < -0.3 is 10.2 Å². The van der Waals surface area contributed by atoms with E-state index in [0.29, 0.717) is 18.0 Å². The maximum Gasteiger partial charge on any atom is 0.225 e. The summed E-state index contributed by atoms with van der Waals surface area (Å²) in [6.07, 6.45) is 4.66. The van der Waals surface area contributed by atoms with Crippen molar-refractivity contribution in [1.82, 2.24) is 10.2 Å². The zero-order valence-electron chi connectivity index (χ0n) is 11.1. The van der Waals surface area contributed by atoms with E-state index >= 15 is 0 Å². The van der Waals surface area contributed by atoms with Crippen LogP contribution in [0.1, 0.15) is 46.5 Å². The van der Waals surface area contributed by atoms with Crippen LogP contribution in [0.4, 0.5) is 0 Å². The predicted octanol–water partition coefficient (Wildman–Crippen LogP) is 2.02. The summed E-state index contributed by atoms with van der Waals surface area (Å²) in [5.41, 5.74) is 0. The second kappa shape index (κ2) is 6.24. The number of likely N-dealkylation sites (tertiary alicyclic amines) is 1. The van der Waals surface area contributed by atoms with Crippen LogP contribution in [0.5, 0.6) is 0 Å². The van der Waals surface area contributed by atoms with Gasteiger partial charge in [0.1, 0.15) is 0 Å². The fraction of sp³-hybridized carbons (Fsp3) is 0.923. The van der Waals surface area contributed by atoms with Crippen LogP contribution in [0.25, 0.3) is 0 Å². The van der Waals surface area contributed by atoms with Gasteiger partial charge in [0, 0.05) is 24.5 Å². The van der Waals surface area contributed by atoms with E-state index in [1.165, 1.54) is 12.8 Å². The third-order valence-corrected chi connectivity index (χ3v) is 3.52. The summed E-state index contributed by atoms with van der Waals surface area (Å²) in [7, 11) is 1.97. The van der Waals surface area contributed by atoms with E-state index in [4.69, 9.17) is 0 Å². The number of carbonyl (C=O) groups excluding carboxylic acids is 1. The first kappa shape index (κ1) is 13.5. The SMILES string of the molecule is CCC1CCCC(CNC)N1C(=O)C(C)C. The van der Waals surface area contributed by atoms with Crippen LogP contribution in [0, 0.1) is 5.92 Å². The molecule has 0 saturated carbocycles. The van der Waals surface area contributed by atoms with E-state index in [1.54, 1.807) is 0 Å². The lowest BCUT2D eigenvalue weighted by molar-refractivity contribution is -0.141. The molecule has 1 amide bonds. The van der Waals surface area contributed by atoms with Crippen molar-refractivity contribution in [3.05, 3.63) is 0 Å². The summed E-state index contributed by atoms with van der Waals surface area (Å²) in [4.78, 5) is 14.4. The quantitative estimate of drug-likeness (QED) is 0.795. The number of rotatable bonds is 4. The number of nitrogens with one attached hydrogen (secondary N) is 1. The van der Waals surface area contributed by atoms with E-state index in [0.717, 1.165) is 19.4 Å². The predicted molar refractivity (Wildman–Crippen MR) is 67.3 cm³/mol. The van der Waals surface area contributed by atoms with Crippen molar-refractivity contribution in [1.29, 1.82) is 0 Å². The number of nitrogens with zero attached hydrogens (tertiary/aromatic N) is 1. The van der Waals surface area contributed by atoms with E-state index in [2.05, 4.69) is 17.1 Å². The Morgan fingerprint density at radius 2 is 2.00 bits per heavy atom. The molecule has 0 aliphatic carbocycles. The van der Waals surface area contributed by atoms with E-state index in [-0.39, 0.29) is 5.92 Å². The molecule has 3 nitrogen and oxygen atoms in total. The summed E-state index contributed by atoms with van der Waals surface area (Å²) in [6, 6.07) is 0.862. The molecular weight excluding hydrogens is 200 g/mol. The van der Waals surface area contributed by atoms with E-state index < -0.39 is 0 Å². The molecule has 0 aromatic carbocycles. The lowest BCUT2D eigenvalue weighted by Gasteiger charge is -2.43. The summed E-state index contributed by atoms with van der Waals surface area (Å²) >= 11 is 0. The minimum atomic E-state index is 0.117. The van der Waals surface area contributed by atoms with Crippen LogP contribution < -0.4 is 5.32 Å². The van der Waals surface area contributed by atoms with Crippen molar-refractivity contribution in [2.45, 2.75) is 58.5 Å². The molecule has 16 heavy (non-hydrogen) atoms. The topological polar surface area (TPSA) is 32.3 Å². The number of hydrogen-bond acceptors (Lipinski definition) is 2. The Kier molecular flexibility index (Phi) is 5.26. The monoisotopic (exact) mass is 226 g/mol. The van der Waals surface area contributed by atoms with Gasteiger partial charge in [-0.15, -0.1) is 0 Å². The summed E-state index contributed by atoms with van der Waals surface area (Å²) in [5, 5.41) is 3.21. The molecule has 0 aromatic rings. The minimum absolute atomic E-state index is 0.117. The smallest absolute Gasteiger partial charge is 0.225 e. The molecule has 2 atom stereocenters. The summed E-state index contributed by atoms with van der Waals surface area (Å²) in [5.74, 6) is 0.443.